The number of carbonyl (C=O) groups excluding carboxylic acids is 2. The zero-order chi connectivity index (χ0) is 18.8. The molecule has 26 heavy (non-hydrogen) atoms. The summed E-state index contributed by atoms with van der Waals surface area (Å²) in [6, 6.07) is 5.88. The number of amides is 3. The number of anilines is 1. The number of urea groups is 1. The second-order valence-corrected chi connectivity index (χ2v) is 6.04. The third kappa shape index (κ3) is 3.79. The Hall–Kier alpha value is -3.03. The fraction of sp³-hybridized carbons (Fsp3) is 0.222. The van der Waals surface area contributed by atoms with E-state index in [9.17, 15) is 22.8 Å². The minimum absolute atomic E-state index is 0.0750. The highest BCUT2D eigenvalue weighted by molar-refractivity contribution is 5.94. The van der Waals surface area contributed by atoms with Gasteiger partial charge in [-0.15, -0.1) is 0 Å². The van der Waals surface area contributed by atoms with E-state index >= 15 is 0 Å². The highest BCUT2D eigenvalue weighted by atomic mass is 19.1. The van der Waals surface area contributed by atoms with Crippen molar-refractivity contribution in [1.82, 2.24) is 10.2 Å². The van der Waals surface area contributed by atoms with Gasteiger partial charge in [-0.25, -0.2) is 18.0 Å². The molecule has 1 aliphatic rings. The molecule has 0 fully saturated rings. The van der Waals surface area contributed by atoms with E-state index in [1.54, 1.807) is 6.92 Å². The summed E-state index contributed by atoms with van der Waals surface area (Å²) in [5.41, 5.74) is 1.18. The van der Waals surface area contributed by atoms with Crippen LogP contribution in [0.5, 0.6) is 0 Å². The zero-order valence-corrected chi connectivity index (χ0v) is 13.9. The number of hydrogen-bond acceptors (Lipinski definition) is 2. The van der Waals surface area contributed by atoms with Crippen LogP contribution in [0.3, 0.4) is 0 Å². The maximum absolute atomic E-state index is 13.8. The number of hydrogen-bond donors (Lipinski definition) is 2. The van der Waals surface area contributed by atoms with E-state index in [-0.39, 0.29) is 18.7 Å². The van der Waals surface area contributed by atoms with E-state index in [1.807, 2.05) is 0 Å². The van der Waals surface area contributed by atoms with Crippen LogP contribution < -0.4 is 10.6 Å². The molecule has 0 aromatic heterocycles. The third-order valence-electron chi connectivity index (χ3n) is 4.10. The monoisotopic (exact) mass is 363 g/mol. The predicted octanol–water partition coefficient (Wildman–Crippen LogP) is 3.33. The van der Waals surface area contributed by atoms with Crippen LogP contribution in [0.2, 0.25) is 0 Å². The molecule has 0 bridgehead atoms. The van der Waals surface area contributed by atoms with Crippen molar-refractivity contribution in [2.45, 2.75) is 19.5 Å². The van der Waals surface area contributed by atoms with Crippen molar-refractivity contribution in [1.29, 1.82) is 0 Å². The smallest absolute Gasteiger partial charge is 0.322 e. The Bertz CT molecular complexity index is 873. The molecule has 1 atom stereocenters. The van der Waals surface area contributed by atoms with Gasteiger partial charge in [0.1, 0.15) is 24.0 Å². The Morgan fingerprint density at radius 1 is 1.19 bits per heavy atom. The first-order valence-corrected chi connectivity index (χ1v) is 7.92. The van der Waals surface area contributed by atoms with Crippen molar-refractivity contribution < 1.29 is 22.8 Å². The Morgan fingerprint density at radius 2 is 1.88 bits per heavy atom. The molecular weight excluding hydrogens is 347 g/mol. The number of fused-ring (bicyclic) bond motifs is 1. The number of nitrogens with zero attached hydrogens (tertiary/aromatic N) is 1. The molecular formula is C18H16F3N3O2. The lowest BCUT2D eigenvalue weighted by molar-refractivity contribution is -0.122. The highest BCUT2D eigenvalue weighted by Crippen LogP contribution is 2.24. The fourth-order valence-corrected chi connectivity index (χ4v) is 2.81. The molecule has 0 saturated carbocycles. The molecule has 136 valence electrons. The molecule has 5 nitrogen and oxygen atoms in total. The van der Waals surface area contributed by atoms with E-state index < -0.39 is 35.4 Å². The molecule has 2 aromatic carbocycles. The van der Waals surface area contributed by atoms with E-state index in [0.29, 0.717) is 11.3 Å². The van der Waals surface area contributed by atoms with E-state index in [4.69, 9.17) is 0 Å². The summed E-state index contributed by atoms with van der Waals surface area (Å²) < 4.78 is 40.1. The Balaban J connectivity index is 1.65. The molecule has 8 heteroatoms. The van der Waals surface area contributed by atoms with Crippen molar-refractivity contribution in [3.8, 4) is 0 Å². The maximum atomic E-state index is 13.8. The highest BCUT2D eigenvalue weighted by Gasteiger charge is 2.25. The maximum Gasteiger partial charge on any atom is 0.322 e. The Labute approximate surface area is 147 Å². The normalized spacial score (nSPS) is 14.5. The van der Waals surface area contributed by atoms with Crippen LogP contribution in [0, 0.1) is 17.5 Å². The van der Waals surface area contributed by atoms with Crippen LogP contribution in [0.4, 0.5) is 23.7 Å². The van der Waals surface area contributed by atoms with E-state index in [2.05, 4.69) is 10.6 Å². The molecule has 0 saturated heterocycles. The second kappa shape index (κ2) is 7.07. The number of benzene rings is 2. The van der Waals surface area contributed by atoms with Crippen molar-refractivity contribution >= 4 is 17.6 Å². The zero-order valence-electron chi connectivity index (χ0n) is 13.9. The van der Waals surface area contributed by atoms with Crippen LogP contribution in [-0.2, 0) is 11.3 Å². The van der Waals surface area contributed by atoms with Crippen LogP contribution in [0.15, 0.2) is 36.4 Å². The average Bonchev–Trinajstić information content (AvgIpc) is 2.55. The van der Waals surface area contributed by atoms with Gasteiger partial charge in [0.25, 0.3) is 0 Å². The largest absolute Gasteiger partial charge is 0.348 e. The van der Waals surface area contributed by atoms with E-state index in [0.717, 1.165) is 12.1 Å². The lowest BCUT2D eigenvalue weighted by Crippen LogP contribution is -2.45. The first kappa shape index (κ1) is 17.8. The SMILES string of the molecule is CC(NC(=O)CN1Cc2cc(F)ccc2NC1=O)c1ccc(F)cc1F. The van der Waals surface area contributed by atoms with E-state index in [1.165, 1.54) is 29.2 Å². The predicted molar refractivity (Wildman–Crippen MR) is 88.7 cm³/mol. The summed E-state index contributed by atoms with van der Waals surface area (Å²) >= 11 is 0. The quantitative estimate of drug-likeness (QED) is 0.875. The molecule has 3 amide bonds. The van der Waals surface area contributed by atoms with Gasteiger partial charge in [0.15, 0.2) is 0 Å². The van der Waals surface area contributed by atoms with Crippen molar-refractivity contribution in [3.05, 3.63) is 65.0 Å². The molecule has 3 rings (SSSR count). The molecule has 2 N–H and O–H groups in total. The second-order valence-electron chi connectivity index (χ2n) is 6.04. The van der Waals surface area contributed by atoms with Gasteiger partial charge >= 0.3 is 6.03 Å². The molecule has 0 aliphatic carbocycles. The van der Waals surface area contributed by atoms with Crippen LogP contribution in [0.25, 0.3) is 0 Å². The summed E-state index contributed by atoms with van der Waals surface area (Å²) in [6.45, 7) is 1.34. The van der Waals surface area contributed by atoms with Gasteiger partial charge in [-0.2, -0.15) is 0 Å². The fourth-order valence-electron chi connectivity index (χ4n) is 2.81. The van der Waals surface area contributed by atoms with Crippen molar-refractivity contribution in [2.75, 3.05) is 11.9 Å². The summed E-state index contributed by atoms with van der Waals surface area (Å²) in [4.78, 5) is 25.5. The Kier molecular flexibility index (Phi) is 4.83. The summed E-state index contributed by atoms with van der Waals surface area (Å²) in [5.74, 6) is -2.43. The topological polar surface area (TPSA) is 61.4 Å². The van der Waals surface area contributed by atoms with Gasteiger partial charge in [-0.1, -0.05) is 6.07 Å². The first-order chi connectivity index (χ1) is 12.3. The molecule has 0 spiro atoms. The number of nitrogens with one attached hydrogen (secondary N) is 2. The number of carbonyl (C=O) groups is 2. The van der Waals surface area contributed by atoms with Crippen LogP contribution >= 0.6 is 0 Å². The third-order valence-corrected chi connectivity index (χ3v) is 4.10. The molecule has 0 radical (unpaired) electrons. The average molecular weight is 363 g/mol. The van der Waals surface area contributed by atoms with Gasteiger partial charge in [-0.05, 0) is 36.8 Å². The molecule has 1 heterocycles. The molecule has 1 unspecified atom stereocenters. The minimum Gasteiger partial charge on any atom is -0.348 e. The van der Waals surface area contributed by atoms with Gasteiger partial charge in [-0.3, -0.25) is 4.79 Å². The standard InChI is InChI=1S/C18H16F3N3O2/c1-10(14-4-2-13(20)7-15(14)21)22-17(25)9-24-8-11-6-12(19)3-5-16(11)23-18(24)26/h2-7,10H,8-9H2,1H3,(H,22,25)(H,23,26). The number of rotatable bonds is 4. The van der Waals surface area contributed by atoms with Gasteiger partial charge in [0, 0.05) is 17.3 Å². The first-order valence-electron chi connectivity index (χ1n) is 7.92. The van der Waals surface area contributed by atoms with Gasteiger partial charge < -0.3 is 15.5 Å². The van der Waals surface area contributed by atoms with Crippen LogP contribution in [-0.4, -0.2) is 23.4 Å². The van der Waals surface area contributed by atoms with Crippen LogP contribution in [0.1, 0.15) is 24.1 Å². The Morgan fingerprint density at radius 3 is 2.62 bits per heavy atom. The van der Waals surface area contributed by atoms with Gasteiger partial charge in [0.05, 0.1) is 12.6 Å². The van der Waals surface area contributed by atoms with Gasteiger partial charge in [0.2, 0.25) is 5.91 Å². The van der Waals surface area contributed by atoms with Crippen molar-refractivity contribution in [2.24, 2.45) is 0 Å². The lowest BCUT2D eigenvalue weighted by atomic mass is 10.1. The number of halogens is 3. The lowest BCUT2D eigenvalue weighted by Gasteiger charge is -2.29. The molecule has 2 aromatic rings. The summed E-state index contributed by atoms with van der Waals surface area (Å²) in [7, 11) is 0. The molecule has 1 aliphatic heterocycles. The van der Waals surface area contributed by atoms with Crippen molar-refractivity contribution in [3.63, 3.8) is 0 Å². The summed E-state index contributed by atoms with van der Waals surface area (Å²) in [6.07, 6.45) is 0. The minimum atomic E-state index is -0.766. The summed E-state index contributed by atoms with van der Waals surface area (Å²) in [5, 5.41) is 5.14.